The van der Waals surface area contributed by atoms with E-state index in [9.17, 15) is 4.21 Å². The standard InChI is InChI=1S/C20H18ClN3OS/c1-4-6-9-15(5-2)26(25)24-13-17(16-10-7-8-11-19(16)24)20-18(21)12-22-14(3)23-20/h4-13H,1H2,2-3H3/b9-6-,15-5+. The van der Waals surface area contributed by atoms with Crippen LogP contribution >= 0.6 is 11.6 Å². The second-order valence-corrected chi connectivity index (χ2v) is 7.30. The third-order valence-corrected chi connectivity index (χ3v) is 5.57. The summed E-state index contributed by atoms with van der Waals surface area (Å²) in [4.78, 5) is 9.29. The van der Waals surface area contributed by atoms with Crippen molar-refractivity contribution in [3.63, 3.8) is 0 Å². The third kappa shape index (κ3) is 3.41. The average Bonchev–Trinajstić information content (AvgIpc) is 3.03. The Morgan fingerprint density at radius 3 is 2.85 bits per heavy atom. The van der Waals surface area contributed by atoms with Crippen molar-refractivity contribution in [2.24, 2.45) is 0 Å². The van der Waals surface area contributed by atoms with Crippen molar-refractivity contribution in [1.82, 2.24) is 13.9 Å². The summed E-state index contributed by atoms with van der Waals surface area (Å²) < 4.78 is 14.9. The van der Waals surface area contributed by atoms with Crippen LogP contribution in [0.25, 0.3) is 22.2 Å². The first-order valence-corrected chi connectivity index (χ1v) is 9.52. The van der Waals surface area contributed by atoms with E-state index >= 15 is 0 Å². The predicted molar refractivity (Wildman–Crippen MR) is 109 cm³/mol. The fourth-order valence-electron chi connectivity index (χ4n) is 2.65. The number of allylic oxidation sites excluding steroid dienone is 4. The molecule has 1 atom stereocenters. The molecule has 0 bridgehead atoms. The van der Waals surface area contributed by atoms with Crippen LogP contribution in [-0.4, -0.2) is 18.1 Å². The first-order chi connectivity index (χ1) is 12.6. The van der Waals surface area contributed by atoms with Gasteiger partial charge in [0.05, 0.1) is 21.1 Å². The van der Waals surface area contributed by atoms with Gasteiger partial charge in [-0.25, -0.2) is 14.2 Å². The molecule has 26 heavy (non-hydrogen) atoms. The zero-order valence-corrected chi connectivity index (χ0v) is 16.1. The minimum absolute atomic E-state index is 0.460. The SMILES string of the molecule is C=C/C=C\C(=C/C)S(=O)n1cc(-c2nc(C)ncc2Cl)c2ccccc21. The van der Waals surface area contributed by atoms with Crippen LogP contribution in [0, 0.1) is 6.92 Å². The van der Waals surface area contributed by atoms with Crippen LogP contribution in [0.4, 0.5) is 0 Å². The lowest BCUT2D eigenvalue weighted by Gasteiger charge is -2.05. The Kier molecular flexibility index (Phi) is 5.49. The summed E-state index contributed by atoms with van der Waals surface area (Å²) in [5.41, 5.74) is 2.31. The van der Waals surface area contributed by atoms with Crippen LogP contribution in [0.3, 0.4) is 0 Å². The summed E-state index contributed by atoms with van der Waals surface area (Å²) in [7, 11) is -1.41. The lowest BCUT2D eigenvalue weighted by Crippen LogP contribution is -2.04. The fraction of sp³-hybridized carbons (Fsp3) is 0.100. The molecule has 3 aromatic rings. The number of para-hydroxylation sites is 1. The van der Waals surface area contributed by atoms with Gasteiger partial charge < -0.3 is 0 Å². The number of rotatable bonds is 5. The van der Waals surface area contributed by atoms with E-state index in [1.54, 1.807) is 28.4 Å². The summed E-state index contributed by atoms with van der Waals surface area (Å²) in [5.74, 6) is 0.630. The summed E-state index contributed by atoms with van der Waals surface area (Å²) in [6.45, 7) is 7.34. The van der Waals surface area contributed by atoms with Crippen LogP contribution in [-0.2, 0) is 11.0 Å². The van der Waals surface area contributed by atoms with Crippen LogP contribution in [0.1, 0.15) is 12.7 Å². The van der Waals surface area contributed by atoms with Gasteiger partial charge in [0.2, 0.25) is 0 Å². The highest BCUT2D eigenvalue weighted by Gasteiger charge is 2.18. The molecular weight excluding hydrogens is 366 g/mol. The molecule has 3 rings (SSSR count). The van der Waals surface area contributed by atoms with E-state index in [2.05, 4.69) is 16.5 Å². The van der Waals surface area contributed by atoms with Gasteiger partial charge in [0.15, 0.2) is 11.0 Å². The first-order valence-electron chi connectivity index (χ1n) is 8.04. The van der Waals surface area contributed by atoms with E-state index in [4.69, 9.17) is 11.6 Å². The molecule has 0 amide bonds. The van der Waals surface area contributed by atoms with Crippen LogP contribution in [0.5, 0.6) is 0 Å². The predicted octanol–water partition coefficient (Wildman–Crippen LogP) is 5.22. The zero-order valence-electron chi connectivity index (χ0n) is 14.5. The first kappa shape index (κ1) is 18.3. The van der Waals surface area contributed by atoms with Gasteiger partial charge in [0.1, 0.15) is 5.82 Å². The van der Waals surface area contributed by atoms with Crippen molar-refractivity contribution in [3.05, 3.63) is 83.3 Å². The number of hydrogen-bond acceptors (Lipinski definition) is 3. The normalized spacial score (nSPS) is 13.4. The smallest absolute Gasteiger partial charge is 0.156 e. The van der Waals surface area contributed by atoms with Crippen LogP contribution < -0.4 is 0 Å². The minimum Gasteiger partial charge on any atom is -0.262 e. The molecule has 0 saturated heterocycles. The molecule has 0 radical (unpaired) electrons. The Morgan fingerprint density at radius 1 is 1.35 bits per heavy atom. The summed E-state index contributed by atoms with van der Waals surface area (Å²) >= 11 is 6.33. The minimum atomic E-state index is -1.41. The van der Waals surface area contributed by atoms with Gasteiger partial charge in [-0.3, -0.25) is 3.97 Å². The number of fused-ring (bicyclic) bond motifs is 1. The van der Waals surface area contributed by atoms with E-state index < -0.39 is 11.0 Å². The maximum atomic E-state index is 13.1. The quantitative estimate of drug-likeness (QED) is 0.567. The number of aryl methyl sites for hydroxylation is 1. The van der Waals surface area contributed by atoms with Crippen molar-refractivity contribution in [2.75, 3.05) is 0 Å². The highest BCUT2D eigenvalue weighted by molar-refractivity contribution is 7.87. The molecule has 0 aliphatic carbocycles. The van der Waals surface area contributed by atoms with E-state index in [0.717, 1.165) is 16.5 Å². The Hall–Kier alpha value is -2.50. The zero-order chi connectivity index (χ0) is 18.7. The van der Waals surface area contributed by atoms with E-state index in [1.165, 1.54) is 0 Å². The Morgan fingerprint density at radius 2 is 2.12 bits per heavy atom. The number of nitrogens with zero attached hydrogens (tertiary/aromatic N) is 3. The van der Waals surface area contributed by atoms with Gasteiger partial charge in [0, 0.05) is 23.3 Å². The van der Waals surface area contributed by atoms with Gasteiger partial charge in [-0.05, 0) is 26.0 Å². The molecule has 132 valence electrons. The molecule has 0 aliphatic heterocycles. The molecule has 0 spiro atoms. The van der Waals surface area contributed by atoms with Crippen molar-refractivity contribution >= 4 is 33.5 Å². The molecule has 2 aromatic heterocycles. The molecule has 0 aliphatic rings. The lowest BCUT2D eigenvalue weighted by atomic mass is 10.1. The molecule has 1 aromatic carbocycles. The van der Waals surface area contributed by atoms with Crippen molar-refractivity contribution in [1.29, 1.82) is 0 Å². The maximum Gasteiger partial charge on any atom is 0.156 e. The molecule has 6 heteroatoms. The second kappa shape index (κ2) is 7.81. The number of halogens is 1. The topological polar surface area (TPSA) is 47.8 Å². The van der Waals surface area contributed by atoms with Gasteiger partial charge in [-0.2, -0.15) is 0 Å². The summed E-state index contributed by atoms with van der Waals surface area (Å²) in [6.07, 6.45) is 10.5. The second-order valence-electron chi connectivity index (χ2n) is 5.53. The number of hydrogen-bond donors (Lipinski definition) is 0. The Labute approximate surface area is 160 Å². The van der Waals surface area contributed by atoms with Gasteiger partial charge in [0.25, 0.3) is 0 Å². The summed E-state index contributed by atoms with van der Waals surface area (Å²) in [6, 6.07) is 7.76. The van der Waals surface area contributed by atoms with Crippen LogP contribution in [0.2, 0.25) is 5.02 Å². The van der Waals surface area contributed by atoms with Crippen molar-refractivity contribution < 1.29 is 4.21 Å². The van der Waals surface area contributed by atoms with E-state index in [-0.39, 0.29) is 0 Å². The molecule has 4 nitrogen and oxygen atoms in total. The highest BCUT2D eigenvalue weighted by atomic mass is 35.5. The number of aromatic nitrogens is 3. The summed E-state index contributed by atoms with van der Waals surface area (Å²) in [5, 5.41) is 1.39. The largest absolute Gasteiger partial charge is 0.262 e. The monoisotopic (exact) mass is 383 g/mol. The molecule has 0 fully saturated rings. The Bertz CT molecular complexity index is 1070. The molecule has 2 heterocycles. The van der Waals surface area contributed by atoms with Crippen LogP contribution in [0.15, 0.2) is 72.4 Å². The lowest BCUT2D eigenvalue weighted by molar-refractivity contribution is 0.683. The molecule has 0 saturated carbocycles. The molecule has 1 unspecified atom stereocenters. The highest BCUT2D eigenvalue weighted by Crippen LogP contribution is 2.34. The van der Waals surface area contributed by atoms with Crippen molar-refractivity contribution in [2.45, 2.75) is 13.8 Å². The van der Waals surface area contributed by atoms with E-state index in [1.807, 2.05) is 50.4 Å². The van der Waals surface area contributed by atoms with E-state index in [0.29, 0.717) is 21.4 Å². The average molecular weight is 384 g/mol. The van der Waals surface area contributed by atoms with Gasteiger partial charge in [-0.1, -0.05) is 54.6 Å². The van der Waals surface area contributed by atoms with Gasteiger partial charge >= 0.3 is 0 Å². The van der Waals surface area contributed by atoms with Crippen molar-refractivity contribution in [3.8, 4) is 11.3 Å². The maximum absolute atomic E-state index is 13.1. The third-order valence-electron chi connectivity index (χ3n) is 3.86. The molecular formula is C20H18ClN3OS. The number of benzene rings is 1. The Balaban J connectivity index is 2.23. The molecule has 0 N–H and O–H groups in total. The van der Waals surface area contributed by atoms with Gasteiger partial charge in [-0.15, -0.1) is 0 Å². The fourth-order valence-corrected chi connectivity index (χ4v) is 4.01.